The summed E-state index contributed by atoms with van der Waals surface area (Å²) in [5, 5.41) is 0. The van der Waals surface area contributed by atoms with Gasteiger partial charge in [0.05, 0.1) is 0 Å². The summed E-state index contributed by atoms with van der Waals surface area (Å²) >= 11 is 0. The SMILES string of the molecule is C1=CC2C(C1)C1CC2C2C3C=CC(C3)C12.C1=CC2C(C1)C1CC2C2C3C=CC(C3)C12.C1=CC2CC1C1CC3C4C=CC(C4)C3C21. The second kappa shape index (κ2) is 8.72. The van der Waals surface area contributed by atoms with Crippen molar-refractivity contribution in [3.63, 3.8) is 0 Å². The van der Waals surface area contributed by atoms with Gasteiger partial charge in [0.1, 0.15) is 0 Å². The van der Waals surface area contributed by atoms with Crippen LogP contribution in [0.4, 0.5) is 0 Å². The zero-order valence-electron chi connectivity index (χ0n) is 27.1. The minimum absolute atomic E-state index is 0.989. The van der Waals surface area contributed by atoms with Crippen LogP contribution in [0.25, 0.3) is 0 Å². The molecule has 0 aromatic rings. The Kier molecular flexibility index (Phi) is 4.93. The van der Waals surface area contributed by atoms with Crippen LogP contribution >= 0.6 is 0 Å². The quantitative estimate of drug-likeness (QED) is 0.193. The average Bonchev–Trinajstić information content (AvgIpc) is 3.90. The summed E-state index contributed by atoms with van der Waals surface area (Å²) < 4.78 is 0. The Labute approximate surface area is 272 Å². The molecule has 9 saturated carbocycles. The van der Waals surface area contributed by atoms with Crippen molar-refractivity contribution in [1.82, 2.24) is 0 Å². The first-order valence-electron chi connectivity index (χ1n) is 20.3. The molecule has 15 aliphatic carbocycles. The highest BCUT2D eigenvalue weighted by Gasteiger charge is 2.66. The van der Waals surface area contributed by atoms with Crippen LogP contribution in [0, 0.1) is 142 Å². The van der Waals surface area contributed by atoms with Gasteiger partial charge < -0.3 is 0 Å². The molecule has 0 heterocycles. The number of fused-ring (bicyclic) bond motifs is 35. The van der Waals surface area contributed by atoms with Crippen LogP contribution in [-0.4, -0.2) is 0 Å². The highest BCUT2D eigenvalue weighted by Crippen LogP contribution is 2.72. The Morgan fingerprint density at radius 1 is 0.244 bits per heavy atom. The normalized spacial score (nSPS) is 66.7. The third-order valence-corrected chi connectivity index (χ3v) is 19.2. The highest BCUT2D eigenvalue weighted by molar-refractivity contribution is 5.28. The molecular formula is C45H54. The molecule has 0 heteroatoms. The lowest BCUT2D eigenvalue weighted by Crippen LogP contribution is -2.34. The predicted octanol–water partition coefficient (Wildman–Crippen LogP) is 9.80. The van der Waals surface area contributed by atoms with E-state index in [1.807, 2.05) is 0 Å². The molecule has 0 aliphatic heterocycles. The van der Waals surface area contributed by atoms with Gasteiger partial charge in [-0.05, 0) is 200 Å². The number of hydrogen-bond donors (Lipinski definition) is 0. The number of allylic oxidation sites excluding steroid dienone is 12. The fraction of sp³-hybridized carbons (Fsp3) is 0.733. The smallest absolute Gasteiger partial charge is 0.0168 e. The van der Waals surface area contributed by atoms with Gasteiger partial charge in [-0.25, -0.2) is 0 Å². The highest BCUT2D eigenvalue weighted by atomic mass is 14.7. The van der Waals surface area contributed by atoms with Gasteiger partial charge in [0.25, 0.3) is 0 Å². The Balaban J connectivity index is 0.0000000774. The molecule has 12 bridgehead atoms. The Morgan fingerprint density at radius 2 is 0.556 bits per heavy atom. The van der Waals surface area contributed by atoms with Gasteiger partial charge in [0, 0.05) is 0 Å². The van der Waals surface area contributed by atoms with Gasteiger partial charge in [-0.15, -0.1) is 0 Å². The van der Waals surface area contributed by atoms with Crippen LogP contribution in [0.15, 0.2) is 72.9 Å². The first kappa shape index (κ1) is 25.5. The molecule has 0 saturated heterocycles. The summed E-state index contributed by atoms with van der Waals surface area (Å²) in [4.78, 5) is 0. The molecule has 234 valence electrons. The summed E-state index contributed by atoms with van der Waals surface area (Å²) in [7, 11) is 0. The Bertz CT molecular complexity index is 1370. The fourth-order valence-electron chi connectivity index (χ4n) is 18.5. The van der Waals surface area contributed by atoms with Crippen molar-refractivity contribution in [2.45, 2.75) is 57.8 Å². The fourth-order valence-corrected chi connectivity index (χ4v) is 18.5. The van der Waals surface area contributed by atoms with Crippen molar-refractivity contribution in [1.29, 1.82) is 0 Å². The minimum Gasteiger partial charge on any atom is -0.0879 e. The van der Waals surface area contributed by atoms with Gasteiger partial charge in [0.15, 0.2) is 0 Å². The maximum Gasteiger partial charge on any atom is -0.0168 e. The van der Waals surface area contributed by atoms with Crippen molar-refractivity contribution >= 4 is 0 Å². The molecule has 24 unspecified atom stereocenters. The molecule has 24 atom stereocenters. The largest absolute Gasteiger partial charge is 0.0879 e. The van der Waals surface area contributed by atoms with Crippen LogP contribution in [-0.2, 0) is 0 Å². The van der Waals surface area contributed by atoms with Crippen molar-refractivity contribution in [2.75, 3.05) is 0 Å². The first-order valence-corrected chi connectivity index (χ1v) is 20.3. The van der Waals surface area contributed by atoms with Gasteiger partial charge in [-0.1, -0.05) is 72.9 Å². The lowest BCUT2D eigenvalue weighted by atomic mass is 9.66. The Morgan fingerprint density at radius 3 is 0.978 bits per heavy atom. The molecular weight excluding hydrogens is 540 g/mol. The van der Waals surface area contributed by atoms with Crippen molar-refractivity contribution in [3.05, 3.63) is 72.9 Å². The molecule has 0 spiro atoms. The Hall–Kier alpha value is -1.56. The molecule has 9 fully saturated rings. The molecule has 0 amide bonds. The van der Waals surface area contributed by atoms with E-state index < -0.39 is 0 Å². The molecule has 0 aromatic heterocycles. The van der Waals surface area contributed by atoms with E-state index in [0.29, 0.717) is 0 Å². The molecule has 0 radical (unpaired) electrons. The predicted molar refractivity (Wildman–Crippen MR) is 180 cm³/mol. The van der Waals surface area contributed by atoms with Crippen LogP contribution in [0.5, 0.6) is 0 Å². The van der Waals surface area contributed by atoms with Gasteiger partial charge in [0.2, 0.25) is 0 Å². The molecule has 0 N–H and O–H groups in total. The molecule has 15 rings (SSSR count). The second-order valence-corrected chi connectivity index (χ2v) is 19.8. The summed E-state index contributed by atoms with van der Waals surface area (Å²) in [6, 6.07) is 0. The van der Waals surface area contributed by atoms with Crippen molar-refractivity contribution < 1.29 is 0 Å². The second-order valence-electron chi connectivity index (χ2n) is 19.8. The van der Waals surface area contributed by atoms with Crippen molar-refractivity contribution in [2.24, 2.45) is 142 Å². The van der Waals surface area contributed by atoms with E-state index in [1.165, 1.54) is 38.5 Å². The third kappa shape index (κ3) is 3.07. The van der Waals surface area contributed by atoms with E-state index in [1.54, 1.807) is 19.3 Å². The maximum absolute atomic E-state index is 2.57. The first-order chi connectivity index (χ1) is 22.3. The average molecular weight is 595 g/mol. The van der Waals surface area contributed by atoms with E-state index in [9.17, 15) is 0 Å². The standard InChI is InChI=1S/3C15H18/c1-3-10-5-8(1)12-7-13-9-2-4-11(6-9)15(13)14(10)12;2*1-2-10-11(3-1)13-7-12(10)14-8-4-5-9(6-8)15(13)14/h1-4,8-15H,5-7H2;2*1-2,4-5,8-15H,3,6-7H2. The van der Waals surface area contributed by atoms with Crippen LogP contribution < -0.4 is 0 Å². The lowest BCUT2D eigenvalue weighted by Gasteiger charge is -2.38. The molecule has 45 heavy (non-hydrogen) atoms. The van der Waals surface area contributed by atoms with E-state index >= 15 is 0 Å². The summed E-state index contributed by atoms with van der Waals surface area (Å²) in [5.41, 5.74) is 0. The zero-order valence-corrected chi connectivity index (χ0v) is 27.1. The van der Waals surface area contributed by atoms with E-state index in [4.69, 9.17) is 0 Å². The van der Waals surface area contributed by atoms with E-state index in [2.05, 4.69) is 72.9 Å². The molecule has 0 nitrogen and oxygen atoms in total. The summed E-state index contributed by atoms with van der Waals surface area (Å²) in [6.07, 6.45) is 44.2. The minimum atomic E-state index is 0.989. The zero-order chi connectivity index (χ0) is 28.7. The summed E-state index contributed by atoms with van der Waals surface area (Å²) in [6.45, 7) is 0. The van der Waals surface area contributed by atoms with Gasteiger partial charge >= 0.3 is 0 Å². The van der Waals surface area contributed by atoms with Gasteiger partial charge in [-0.3, -0.25) is 0 Å². The number of rotatable bonds is 0. The topological polar surface area (TPSA) is 0 Å². The maximum atomic E-state index is 2.57. The summed E-state index contributed by atoms with van der Waals surface area (Å²) in [5.74, 6) is 25.3. The van der Waals surface area contributed by atoms with Crippen LogP contribution in [0.3, 0.4) is 0 Å². The lowest BCUT2D eigenvalue weighted by molar-refractivity contribution is 0.121. The monoisotopic (exact) mass is 594 g/mol. The number of hydrogen-bond acceptors (Lipinski definition) is 0. The molecule has 15 aliphatic rings. The van der Waals surface area contributed by atoms with Crippen molar-refractivity contribution in [3.8, 4) is 0 Å². The van der Waals surface area contributed by atoms with E-state index in [0.717, 1.165) is 142 Å². The third-order valence-electron chi connectivity index (χ3n) is 19.2. The van der Waals surface area contributed by atoms with Gasteiger partial charge in [-0.2, -0.15) is 0 Å². The van der Waals surface area contributed by atoms with Crippen LogP contribution in [0.2, 0.25) is 0 Å². The molecule has 0 aromatic carbocycles. The van der Waals surface area contributed by atoms with E-state index in [-0.39, 0.29) is 0 Å². The van der Waals surface area contributed by atoms with Crippen LogP contribution in [0.1, 0.15) is 57.8 Å².